The maximum absolute atomic E-state index is 11.0. The third-order valence-corrected chi connectivity index (χ3v) is 4.93. The van der Waals surface area contributed by atoms with Crippen LogP contribution in [0.25, 0.3) is 0 Å². The lowest BCUT2D eigenvalue weighted by atomic mass is 10.2. The van der Waals surface area contributed by atoms with Gasteiger partial charge in [0, 0.05) is 24.6 Å². The summed E-state index contributed by atoms with van der Waals surface area (Å²) in [5, 5.41) is 13.6. The van der Waals surface area contributed by atoms with Gasteiger partial charge < -0.3 is 14.6 Å². The fraction of sp³-hybridized carbons (Fsp3) is 0.444. The van der Waals surface area contributed by atoms with Crippen LogP contribution in [0, 0.1) is 13.8 Å². The fourth-order valence-electron chi connectivity index (χ4n) is 2.70. The smallest absolute Gasteiger partial charge is 0.344 e. The molecule has 1 saturated carbocycles. The number of carboxylic acids is 1. The molecule has 7 heteroatoms. The van der Waals surface area contributed by atoms with E-state index in [0.29, 0.717) is 27.8 Å². The van der Waals surface area contributed by atoms with E-state index in [1.807, 2.05) is 27.0 Å². The molecule has 0 aliphatic heterocycles. The summed E-state index contributed by atoms with van der Waals surface area (Å²) in [5.41, 5.74) is 3.06. The average molecular weight is 409 g/mol. The Labute approximate surface area is 154 Å². The van der Waals surface area contributed by atoms with Gasteiger partial charge in [-0.3, -0.25) is 0 Å². The van der Waals surface area contributed by atoms with Crippen molar-refractivity contribution < 1.29 is 19.4 Å². The zero-order chi connectivity index (χ0) is 18.3. The number of ether oxygens (including phenoxy) is 2. The lowest BCUT2D eigenvalue weighted by molar-refractivity contribution is -0.144. The predicted octanol–water partition coefficient (Wildman–Crippen LogP) is 4.32. The molecule has 1 atom stereocenters. The molecule has 0 saturated heterocycles. The third-order valence-electron chi connectivity index (χ3n) is 4.31. The van der Waals surface area contributed by atoms with E-state index in [1.54, 1.807) is 10.7 Å². The molecule has 1 N–H and O–H groups in total. The van der Waals surface area contributed by atoms with E-state index in [2.05, 4.69) is 21.0 Å². The molecule has 25 heavy (non-hydrogen) atoms. The normalized spacial score (nSPS) is 15.1. The molecule has 1 aromatic carbocycles. The van der Waals surface area contributed by atoms with Crippen LogP contribution in [0.1, 0.15) is 42.5 Å². The number of carbonyl (C=O) groups is 1. The maximum atomic E-state index is 11.0. The molecule has 1 heterocycles. The van der Waals surface area contributed by atoms with E-state index in [0.717, 1.165) is 16.8 Å². The molecule has 0 unspecified atom stereocenters. The van der Waals surface area contributed by atoms with Crippen LogP contribution in [0.3, 0.4) is 0 Å². The highest BCUT2D eigenvalue weighted by molar-refractivity contribution is 9.10. The largest absolute Gasteiger partial charge is 0.479 e. The summed E-state index contributed by atoms with van der Waals surface area (Å²) in [6, 6.07) is 3.56. The second-order valence-corrected chi connectivity index (χ2v) is 7.32. The van der Waals surface area contributed by atoms with E-state index in [9.17, 15) is 4.79 Å². The van der Waals surface area contributed by atoms with Crippen LogP contribution < -0.4 is 9.47 Å². The number of carboxylic acid groups (broad SMARTS) is 1. The first kappa shape index (κ1) is 17.8. The van der Waals surface area contributed by atoms with Crippen molar-refractivity contribution in [1.29, 1.82) is 0 Å². The minimum Gasteiger partial charge on any atom is -0.479 e. The number of nitrogens with zero attached hydrogens (tertiary/aromatic N) is 2. The summed E-state index contributed by atoms with van der Waals surface area (Å²) in [6.45, 7) is 5.44. The highest BCUT2D eigenvalue weighted by atomic mass is 79.9. The molecule has 134 valence electrons. The van der Waals surface area contributed by atoms with Crippen LogP contribution in [0.15, 0.2) is 16.6 Å². The summed E-state index contributed by atoms with van der Waals surface area (Å²) >= 11 is 3.41. The van der Waals surface area contributed by atoms with Gasteiger partial charge in [0.15, 0.2) is 6.10 Å². The lowest BCUT2D eigenvalue weighted by Gasteiger charge is -2.16. The summed E-state index contributed by atoms with van der Waals surface area (Å²) in [4.78, 5) is 11.0. The molecule has 0 radical (unpaired) electrons. The third kappa shape index (κ3) is 3.66. The number of halogens is 1. The monoisotopic (exact) mass is 408 g/mol. The number of aromatic nitrogens is 2. The molecular formula is C18H21BrN2O4. The van der Waals surface area contributed by atoms with Crippen molar-refractivity contribution in [1.82, 2.24) is 9.78 Å². The number of aryl methyl sites for hydroxylation is 2. The standard InChI is InChI=1S/C18H21BrN2O4/c1-9-7-13(19)15(24-11(3)18(22)23)8-14(9)25-17-10(2)16(12-5-6-12)20-21(17)4/h7-8,11-12H,5-6H2,1-4H3,(H,22,23)/t11-/m0/s1. The van der Waals surface area contributed by atoms with Gasteiger partial charge in [-0.2, -0.15) is 5.10 Å². The predicted molar refractivity (Wildman–Crippen MR) is 96.6 cm³/mol. The summed E-state index contributed by atoms with van der Waals surface area (Å²) in [7, 11) is 1.87. The van der Waals surface area contributed by atoms with Gasteiger partial charge in [0.2, 0.25) is 5.88 Å². The number of benzene rings is 1. The minimum absolute atomic E-state index is 0.428. The molecule has 3 rings (SSSR count). The maximum Gasteiger partial charge on any atom is 0.344 e. The summed E-state index contributed by atoms with van der Waals surface area (Å²) in [6.07, 6.45) is 1.41. The Morgan fingerprint density at radius 1 is 1.36 bits per heavy atom. The highest BCUT2D eigenvalue weighted by Crippen LogP contribution is 2.44. The first-order chi connectivity index (χ1) is 11.8. The van der Waals surface area contributed by atoms with Crippen LogP contribution in [0.4, 0.5) is 0 Å². The van der Waals surface area contributed by atoms with Crippen LogP contribution in [0.2, 0.25) is 0 Å². The lowest BCUT2D eigenvalue weighted by Crippen LogP contribution is -2.23. The average Bonchev–Trinajstić information content (AvgIpc) is 3.33. The zero-order valence-corrected chi connectivity index (χ0v) is 16.3. The molecule has 0 amide bonds. The molecule has 2 aromatic rings. The zero-order valence-electron chi connectivity index (χ0n) is 14.7. The minimum atomic E-state index is -1.02. The molecule has 1 aromatic heterocycles. The van der Waals surface area contributed by atoms with Gasteiger partial charge in [0.25, 0.3) is 0 Å². The summed E-state index contributed by atoms with van der Waals surface area (Å²) < 4.78 is 14.1. The number of hydrogen-bond acceptors (Lipinski definition) is 4. The molecule has 0 spiro atoms. The van der Waals surface area contributed by atoms with E-state index in [1.165, 1.54) is 19.8 Å². The van der Waals surface area contributed by atoms with Crippen molar-refractivity contribution in [2.45, 2.75) is 45.6 Å². The van der Waals surface area contributed by atoms with Gasteiger partial charge in [-0.15, -0.1) is 0 Å². The van der Waals surface area contributed by atoms with Gasteiger partial charge >= 0.3 is 5.97 Å². The Hall–Kier alpha value is -2.02. The van der Waals surface area contributed by atoms with Crippen molar-refractivity contribution in [2.24, 2.45) is 7.05 Å². The van der Waals surface area contributed by atoms with Gasteiger partial charge in [-0.05, 0) is 61.2 Å². The quantitative estimate of drug-likeness (QED) is 0.769. The first-order valence-electron chi connectivity index (χ1n) is 8.19. The number of aliphatic carboxylic acids is 1. The number of rotatable bonds is 6. The van der Waals surface area contributed by atoms with Gasteiger partial charge in [-0.1, -0.05) is 0 Å². The second-order valence-electron chi connectivity index (χ2n) is 6.46. The SMILES string of the molecule is Cc1cc(Br)c(O[C@@H](C)C(=O)O)cc1Oc1c(C)c(C2CC2)nn1C. The molecular weight excluding hydrogens is 388 g/mol. The Morgan fingerprint density at radius 3 is 2.64 bits per heavy atom. The van der Waals surface area contributed by atoms with Crippen molar-refractivity contribution in [3.05, 3.63) is 33.4 Å². The molecule has 0 bridgehead atoms. The van der Waals surface area contributed by atoms with Crippen molar-refractivity contribution in [2.75, 3.05) is 0 Å². The van der Waals surface area contributed by atoms with E-state index >= 15 is 0 Å². The topological polar surface area (TPSA) is 73.6 Å². The Bertz CT molecular complexity index is 827. The molecule has 1 fully saturated rings. The molecule has 1 aliphatic carbocycles. The molecule has 6 nitrogen and oxygen atoms in total. The van der Waals surface area contributed by atoms with E-state index in [4.69, 9.17) is 14.6 Å². The van der Waals surface area contributed by atoms with Crippen molar-refractivity contribution in [3.8, 4) is 17.4 Å². The Morgan fingerprint density at radius 2 is 2.04 bits per heavy atom. The van der Waals surface area contributed by atoms with E-state index in [-0.39, 0.29) is 0 Å². The Balaban J connectivity index is 1.91. The highest BCUT2D eigenvalue weighted by Gasteiger charge is 2.30. The first-order valence-corrected chi connectivity index (χ1v) is 8.98. The van der Waals surface area contributed by atoms with E-state index < -0.39 is 12.1 Å². The van der Waals surface area contributed by atoms with Crippen molar-refractivity contribution in [3.63, 3.8) is 0 Å². The second kappa shape index (κ2) is 6.71. The summed E-state index contributed by atoms with van der Waals surface area (Å²) in [5.74, 6) is 1.27. The van der Waals surface area contributed by atoms with Gasteiger partial charge in [-0.25, -0.2) is 9.48 Å². The Kier molecular flexibility index (Phi) is 4.77. The van der Waals surface area contributed by atoms with Crippen LogP contribution >= 0.6 is 15.9 Å². The molecule has 1 aliphatic rings. The van der Waals surface area contributed by atoms with Crippen molar-refractivity contribution >= 4 is 21.9 Å². The van der Waals surface area contributed by atoms with Crippen LogP contribution in [-0.4, -0.2) is 27.0 Å². The van der Waals surface area contributed by atoms with Gasteiger partial charge in [0.1, 0.15) is 11.5 Å². The fourth-order valence-corrected chi connectivity index (χ4v) is 3.25. The van der Waals surface area contributed by atoms with Crippen LogP contribution in [0.5, 0.6) is 17.4 Å². The number of hydrogen-bond donors (Lipinski definition) is 1. The van der Waals surface area contributed by atoms with Gasteiger partial charge in [0.05, 0.1) is 10.2 Å². The van der Waals surface area contributed by atoms with Crippen LogP contribution in [-0.2, 0) is 11.8 Å².